The number of carbonyl (C=O) groups excluding carboxylic acids is 2. The number of nitrogens with one attached hydrogen (secondary N) is 1. The molecule has 0 bridgehead atoms. The van der Waals surface area contributed by atoms with Crippen molar-refractivity contribution in [2.45, 2.75) is 34.2 Å². The molecule has 1 aliphatic carbocycles. The lowest BCUT2D eigenvalue weighted by Crippen LogP contribution is -2.71. The number of nitrogens with zero attached hydrogens (tertiary/aromatic N) is 5. The van der Waals surface area contributed by atoms with E-state index in [1.807, 2.05) is 0 Å². The normalized spacial score (nSPS) is 20.3. The third-order valence-corrected chi connectivity index (χ3v) is 11.1. The van der Waals surface area contributed by atoms with Crippen molar-refractivity contribution in [3.63, 3.8) is 0 Å². The van der Waals surface area contributed by atoms with Crippen molar-refractivity contribution in [2.75, 3.05) is 17.2 Å². The molecule has 3 aliphatic rings. The fraction of sp³-hybridized carbons (Fsp3) is 0.280. The SMILES string of the molecule is Nc1nc(C(=NOC2(C(=O)O)CC2)C(=O)N[C@@H]2C(=O)N3C(C(=O)O)=C(CSc4nnc(-c5ccc(O)c(O)c5)s4)CS[C@@H]23)cs1. The first kappa shape index (κ1) is 30.6. The van der Waals surface area contributed by atoms with E-state index in [-0.39, 0.29) is 58.1 Å². The number of anilines is 1. The van der Waals surface area contributed by atoms with Gasteiger partial charge in [0, 0.05) is 35.3 Å². The lowest BCUT2D eigenvalue weighted by Gasteiger charge is -2.49. The predicted octanol–water partition coefficient (Wildman–Crippen LogP) is 1.52. The predicted molar refractivity (Wildman–Crippen MR) is 163 cm³/mol. The monoisotopic (exact) mass is 691 g/mol. The number of fused-ring (bicyclic) bond motifs is 1. The van der Waals surface area contributed by atoms with E-state index in [1.54, 1.807) is 6.07 Å². The van der Waals surface area contributed by atoms with Crippen LogP contribution >= 0.6 is 46.2 Å². The van der Waals surface area contributed by atoms with Crippen molar-refractivity contribution in [3.05, 3.63) is 40.5 Å². The standard InChI is InChI=1S/C25H21N7O9S4/c26-23-27-11(8-43-23)14(31-41-25(3-4-25)22(39)40)17(35)28-15-19(36)32-16(21(37)38)10(6-42-20(15)32)7-44-24-30-29-18(45-24)9-1-2-12(33)13(34)5-9/h1-2,5,8,15,20,33-34H,3-4,6-7H2,(H2,26,27)(H,28,35)(H,37,38)(H,39,40)/t15-,20+/m1/s1. The number of benzene rings is 1. The van der Waals surface area contributed by atoms with Crippen LogP contribution in [-0.2, 0) is 24.0 Å². The third-order valence-electron chi connectivity index (χ3n) is 6.92. The van der Waals surface area contributed by atoms with Gasteiger partial charge in [-0.1, -0.05) is 28.3 Å². The van der Waals surface area contributed by atoms with E-state index in [9.17, 15) is 39.6 Å². The number of β-lactam (4-membered cyclic amide) rings is 1. The molecule has 16 nitrogen and oxygen atoms in total. The zero-order valence-corrected chi connectivity index (χ0v) is 25.8. The molecule has 2 atom stereocenters. The molecule has 2 amide bonds. The molecule has 1 aromatic carbocycles. The second-order valence-electron chi connectivity index (χ2n) is 9.89. The highest BCUT2D eigenvalue weighted by atomic mass is 32.2. The van der Waals surface area contributed by atoms with Crippen LogP contribution in [0.1, 0.15) is 18.5 Å². The number of carbonyl (C=O) groups is 4. The average Bonchev–Trinajstić information content (AvgIpc) is 3.45. The molecular weight excluding hydrogens is 671 g/mol. The average molecular weight is 692 g/mol. The number of aliphatic carboxylic acids is 2. The van der Waals surface area contributed by atoms with Gasteiger partial charge in [-0.15, -0.1) is 33.3 Å². The molecule has 2 fully saturated rings. The Labute approximate surface area is 269 Å². The number of hydrogen-bond acceptors (Lipinski definition) is 16. The van der Waals surface area contributed by atoms with Crippen LogP contribution in [0, 0.1) is 0 Å². The molecule has 2 aromatic heterocycles. The second-order valence-corrected chi connectivity index (χ2v) is 14.1. The number of carboxylic acid groups (broad SMARTS) is 2. The molecule has 234 valence electrons. The van der Waals surface area contributed by atoms with Crippen molar-refractivity contribution in [2.24, 2.45) is 5.16 Å². The van der Waals surface area contributed by atoms with Crippen LogP contribution in [0.25, 0.3) is 10.6 Å². The summed E-state index contributed by atoms with van der Waals surface area (Å²) in [4.78, 5) is 60.6. The van der Waals surface area contributed by atoms with E-state index in [4.69, 9.17) is 10.6 Å². The van der Waals surface area contributed by atoms with Crippen LogP contribution in [-0.4, -0.2) is 98.5 Å². The molecule has 1 saturated heterocycles. The highest BCUT2D eigenvalue weighted by molar-refractivity contribution is 8.01. The highest BCUT2D eigenvalue weighted by Crippen LogP contribution is 2.43. The summed E-state index contributed by atoms with van der Waals surface area (Å²) in [5, 5.41) is 54.6. The number of nitrogen functional groups attached to an aromatic ring is 1. The van der Waals surface area contributed by atoms with Crippen LogP contribution < -0.4 is 11.1 Å². The Morgan fingerprint density at radius 2 is 1.98 bits per heavy atom. The van der Waals surface area contributed by atoms with Gasteiger partial charge in [0.25, 0.3) is 11.8 Å². The van der Waals surface area contributed by atoms with Gasteiger partial charge in [0.2, 0.25) is 5.60 Å². The summed E-state index contributed by atoms with van der Waals surface area (Å²) < 4.78 is 0.523. The smallest absolute Gasteiger partial charge is 0.352 e. The number of rotatable bonds is 11. The van der Waals surface area contributed by atoms with Crippen molar-refractivity contribution in [1.82, 2.24) is 25.4 Å². The lowest BCUT2D eigenvalue weighted by atomic mass is 10.0. The Kier molecular flexibility index (Phi) is 8.05. The van der Waals surface area contributed by atoms with E-state index in [0.717, 1.165) is 16.2 Å². The van der Waals surface area contributed by atoms with Gasteiger partial charge in [0.1, 0.15) is 27.8 Å². The highest BCUT2D eigenvalue weighted by Gasteiger charge is 2.56. The Balaban J connectivity index is 1.15. The van der Waals surface area contributed by atoms with Gasteiger partial charge >= 0.3 is 11.9 Å². The quantitative estimate of drug-likeness (QED) is 0.0548. The number of oxime groups is 1. The van der Waals surface area contributed by atoms with Crippen molar-refractivity contribution in [1.29, 1.82) is 0 Å². The zero-order valence-electron chi connectivity index (χ0n) is 22.6. The van der Waals surface area contributed by atoms with E-state index >= 15 is 0 Å². The first-order valence-corrected chi connectivity index (χ1v) is 16.6. The maximum atomic E-state index is 13.3. The van der Waals surface area contributed by atoms with Crippen LogP contribution in [0.4, 0.5) is 5.13 Å². The molecule has 2 aliphatic heterocycles. The molecular formula is C25H21N7O9S4. The molecule has 6 rings (SSSR count). The minimum absolute atomic E-state index is 0.0311. The summed E-state index contributed by atoms with van der Waals surface area (Å²) in [6.07, 6.45) is 0.422. The molecule has 45 heavy (non-hydrogen) atoms. The minimum atomic E-state index is -1.53. The number of amides is 2. The van der Waals surface area contributed by atoms with Gasteiger partial charge in [-0.05, 0) is 23.8 Å². The van der Waals surface area contributed by atoms with Gasteiger partial charge in [-0.25, -0.2) is 14.6 Å². The lowest BCUT2D eigenvalue weighted by molar-refractivity contribution is -0.153. The molecule has 0 unspecified atom stereocenters. The summed E-state index contributed by atoms with van der Waals surface area (Å²) in [7, 11) is 0. The van der Waals surface area contributed by atoms with Gasteiger partial charge in [0.05, 0.1) is 0 Å². The van der Waals surface area contributed by atoms with Crippen LogP contribution in [0.5, 0.6) is 11.5 Å². The maximum absolute atomic E-state index is 13.3. The van der Waals surface area contributed by atoms with E-state index < -0.39 is 40.8 Å². The summed E-state index contributed by atoms with van der Waals surface area (Å²) in [6.45, 7) is 0. The van der Waals surface area contributed by atoms with Crippen molar-refractivity contribution >= 4 is 80.8 Å². The molecule has 0 spiro atoms. The molecule has 0 radical (unpaired) electrons. The number of carboxylic acids is 2. The van der Waals surface area contributed by atoms with Gasteiger partial charge in [0.15, 0.2) is 26.7 Å². The number of phenols is 2. The Morgan fingerprint density at radius 1 is 1.20 bits per heavy atom. The Morgan fingerprint density at radius 3 is 2.62 bits per heavy atom. The first-order valence-electron chi connectivity index (χ1n) is 12.9. The Hall–Kier alpha value is -4.40. The van der Waals surface area contributed by atoms with E-state index in [1.165, 1.54) is 52.4 Å². The number of thiazole rings is 1. The summed E-state index contributed by atoms with van der Waals surface area (Å²) >= 11 is 4.74. The van der Waals surface area contributed by atoms with Crippen LogP contribution in [0.2, 0.25) is 0 Å². The van der Waals surface area contributed by atoms with Gasteiger partial charge < -0.3 is 36.3 Å². The van der Waals surface area contributed by atoms with Gasteiger partial charge in [-0.3, -0.25) is 14.5 Å². The first-order chi connectivity index (χ1) is 21.5. The largest absolute Gasteiger partial charge is 0.504 e. The summed E-state index contributed by atoms with van der Waals surface area (Å²) in [6, 6.07) is 3.17. The van der Waals surface area contributed by atoms with Crippen LogP contribution in [0.3, 0.4) is 0 Å². The fourth-order valence-electron chi connectivity index (χ4n) is 4.39. The van der Waals surface area contributed by atoms with Crippen molar-refractivity contribution < 1.29 is 44.4 Å². The molecule has 20 heteroatoms. The number of aromatic hydroxyl groups is 2. The van der Waals surface area contributed by atoms with Crippen molar-refractivity contribution in [3.8, 4) is 22.1 Å². The number of hydrogen-bond donors (Lipinski definition) is 6. The third kappa shape index (κ3) is 5.88. The topological polar surface area (TPSA) is 251 Å². The number of aromatic nitrogens is 3. The summed E-state index contributed by atoms with van der Waals surface area (Å²) in [5.74, 6) is -4.16. The van der Waals surface area contributed by atoms with E-state index in [2.05, 4.69) is 25.7 Å². The number of phenolic OH excluding ortho intramolecular Hbond substituents is 2. The minimum Gasteiger partial charge on any atom is -0.504 e. The Bertz CT molecular complexity index is 1800. The molecule has 3 aromatic rings. The zero-order chi connectivity index (χ0) is 32.0. The molecule has 7 N–H and O–H groups in total. The fourth-order valence-corrected chi connectivity index (χ4v) is 8.27. The van der Waals surface area contributed by atoms with E-state index in [0.29, 0.717) is 20.5 Å². The van der Waals surface area contributed by atoms with Crippen LogP contribution in [0.15, 0.2) is 44.3 Å². The number of nitrogens with two attached hydrogens (primary N) is 1. The molecule has 4 heterocycles. The second kappa shape index (κ2) is 11.8. The van der Waals surface area contributed by atoms with Gasteiger partial charge in [-0.2, -0.15) is 0 Å². The number of thioether (sulfide) groups is 2. The molecule has 1 saturated carbocycles. The maximum Gasteiger partial charge on any atom is 0.352 e. The summed E-state index contributed by atoms with van der Waals surface area (Å²) in [5.41, 5.74) is 4.66.